The van der Waals surface area contributed by atoms with Gasteiger partial charge in [-0.15, -0.1) is 0 Å². The lowest BCUT2D eigenvalue weighted by Crippen LogP contribution is -2.30. The quantitative estimate of drug-likeness (QED) is 0.180. The lowest BCUT2D eigenvalue weighted by Gasteiger charge is -2.42. The Kier molecular flexibility index (Phi) is 7.83. The monoisotopic (exact) mass is 652 g/mol. The first kappa shape index (κ1) is 30.9. The molecule has 50 heavy (non-hydrogen) atoms. The standard InChI is InChI=1S/C46H44N4/c1-46(2)39-15-7-9-17-41(39)50(42-18-10-8-16-40(42)46)38-29-27-37(28-30-38)45-48-43(35-23-19-33(20-24-35)31-11-3-4-12-31)47-44(49-45)36-25-21-34(22-26-36)32-13-5-6-14-32/h7-10,15-32H,3-6,11-14H2,1-2H3. The molecule has 2 heterocycles. The molecule has 0 radical (unpaired) electrons. The van der Waals surface area contributed by atoms with E-state index in [2.05, 4.69) is 140 Å². The first-order valence-electron chi connectivity index (χ1n) is 18.6. The van der Waals surface area contributed by atoms with Crippen LogP contribution in [0.4, 0.5) is 17.1 Å². The molecule has 0 N–H and O–H groups in total. The van der Waals surface area contributed by atoms with Gasteiger partial charge in [0.05, 0.1) is 11.4 Å². The molecule has 0 saturated heterocycles. The summed E-state index contributed by atoms with van der Waals surface area (Å²) in [4.78, 5) is 17.7. The van der Waals surface area contributed by atoms with Gasteiger partial charge >= 0.3 is 0 Å². The van der Waals surface area contributed by atoms with E-state index in [1.165, 1.54) is 85.0 Å². The van der Waals surface area contributed by atoms with Crippen LogP contribution < -0.4 is 4.90 Å². The predicted octanol–water partition coefficient (Wildman–Crippen LogP) is 12.3. The zero-order valence-corrected chi connectivity index (χ0v) is 29.1. The summed E-state index contributed by atoms with van der Waals surface area (Å²) >= 11 is 0. The molecule has 4 nitrogen and oxygen atoms in total. The van der Waals surface area contributed by atoms with Crippen molar-refractivity contribution in [1.82, 2.24) is 15.0 Å². The summed E-state index contributed by atoms with van der Waals surface area (Å²) in [6, 6.07) is 44.3. The van der Waals surface area contributed by atoms with Crippen molar-refractivity contribution in [3.05, 3.63) is 144 Å². The lowest BCUT2D eigenvalue weighted by atomic mass is 9.73. The van der Waals surface area contributed by atoms with E-state index < -0.39 is 0 Å². The van der Waals surface area contributed by atoms with Gasteiger partial charge in [0.1, 0.15) is 0 Å². The van der Waals surface area contributed by atoms with Crippen molar-refractivity contribution in [3.63, 3.8) is 0 Å². The highest BCUT2D eigenvalue weighted by atomic mass is 15.2. The van der Waals surface area contributed by atoms with E-state index in [1.807, 2.05) is 0 Å². The van der Waals surface area contributed by atoms with E-state index in [1.54, 1.807) is 0 Å². The van der Waals surface area contributed by atoms with Crippen LogP contribution in [0.2, 0.25) is 0 Å². The zero-order valence-electron chi connectivity index (χ0n) is 29.1. The van der Waals surface area contributed by atoms with Crippen LogP contribution in [0.1, 0.15) is 99.3 Å². The summed E-state index contributed by atoms with van der Waals surface area (Å²) in [6.45, 7) is 4.65. The molecule has 1 aliphatic heterocycles. The number of benzene rings is 5. The SMILES string of the molecule is CC1(C)c2ccccc2N(c2ccc(-c3nc(-c4ccc(C5CCCC5)cc4)nc(-c4ccc(C5CCCC5)cc4)n3)cc2)c2ccccc21. The second kappa shape index (κ2) is 12.7. The summed E-state index contributed by atoms with van der Waals surface area (Å²) in [5.74, 6) is 3.48. The molecular formula is C46H44N4. The molecule has 0 spiro atoms. The summed E-state index contributed by atoms with van der Waals surface area (Å²) in [5.41, 5.74) is 12.0. The van der Waals surface area contributed by atoms with Gasteiger partial charge in [0.2, 0.25) is 0 Å². The number of hydrogen-bond acceptors (Lipinski definition) is 4. The number of nitrogens with zero attached hydrogens (tertiary/aromatic N) is 4. The first-order valence-corrected chi connectivity index (χ1v) is 18.6. The smallest absolute Gasteiger partial charge is 0.164 e. The third-order valence-corrected chi connectivity index (χ3v) is 11.6. The predicted molar refractivity (Wildman–Crippen MR) is 205 cm³/mol. The van der Waals surface area contributed by atoms with Crippen LogP contribution in [0.5, 0.6) is 0 Å². The topological polar surface area (TPSA) is 41.9 Å². The summed E-state index contributed by atoms with van der Waals surface area (Å²) in [7, 11) is 0. The zero-order chi connectivity index (χ0) is 33.7. The van der Waals surface area contributed by atoms with Crippen molar-refractivity contribution < 1.29 is 0 Å². The van der Waals surface area contributed by atoms with Crippen LogP contribution >= 0.6 is 0 Å². The van der Waals surface area contributed by atoms with Crippen LogP contribution in [0.15, 0.2) is 121 Å². The van der Waals surface area contributed by atoms with Gasteiger partial charge in [-0.25, -0.2) is 15.0 Å². The van der Waals surface area contributed by atoms with E-state index >= 15 is 0 Å². The highest BCUT2D eigenvalue weighted by Crippen LogP contribution is 2.51. The largest absolute Gasteiger partial charge is 0.310 e. The Morgan fingerprint density at radius 3 is 1.22 bits per heavy atom. The molecule has 1 aromatic heterocycles. The van der Waals surface area contributed by atoms with Crippen molar-refractivity contribution in [3.8, 4) is 34.2 Å². The minimum atomic E-state index is -0.0914. The Hall–Kier alpha value is -5.09. The molecule has 248 valence electrons. The Labute approximate surface area is 296 Å². The van der Waals surface area contributed by atoms with Gasteiger partial charge in [-0.05, 0) is 96.2 Å². The molecular weight excluding hydrogens is 609 g/mol. The molecule has 0 unspecified atom stereocenters. The van der Waals surface area contributed by atoms with Gasteiger partial charge in [0, 0.05) is 27.8 Å². The number of rotatable bonds is 6. The molecule has 3 aliphatic rings. The highest BCUT2D eigenvalue weighted by Gasteiger charge is 2.36. The maximum absolute atomic E-state index is 5.10. The van der Waals surface area contributed by atoms with Crippen molar-refractivity contribution >= 4 is 17.1 Å². The van der Waals surface area contributed by atoms with Crippen LogP contribution in [-0.2, 0) is 5.41 Å². The fraction of sp³-hybridized carbons (Fsp3) is 0.283. The van der Waals surface area contributed by atoms with Gasteiger partial charge in [-0.2, -0.15) is 0 Å². The second-order valence-electron chi connectivity index (χ2n) is 15.1. The Morgan fingerprint density at radius 2 is 0.820 bits per heavy atom. The van der Waals surface area contributed by atoms with E-state index in [4.69, 9.17) is 15.0 Å². The van der Waals surface area contributed by atoms with E-state index in [9.17, 15) is 0 Å². The van der Waals surface area contributed by atoms with Crippen molar-refractivity contribution in [2.75, 3.05) is 4.90 Å². The Balaban J connectivity index is 1.10. The maximum atomic E-state index is 5.10. The van der Waals surface area contributed by atoms with Crippen LogP contribution in [-0.4, -0.2) is 15.0 Å². The molecule has 0 amide bonds. The third-order valence-electron chi connectivity index (χ3n) is 11.6. The molecule has 2 fully saturated rings. The number of anilines is 3. The maximum Gasteiger partial charge on any atom is 0.164 e. The van der Waals surface area contributed by atoms with Gasteiger partial charge in [0.15, 0.2) is 17.5 Å². The number of fused-ring (bicyclic) bond motifs is 2. The average molecular weight is 653 g/mol. The average Bonchev–Trinajstić information content (AvgIpc) is 3.92. The summed E-state index contributed by atoms with van der Waals surface area (Å²) < 4.78 is 0. The van der Waals surface area contributed by atoms with Crippen LogP contribution in [0.3, 0.4) is 0 Å². The minimum Gasteiger partial charge on any atom is -0.310 e. The third kappa shape index (κ3) is 5.51. The molecule has 9 rings (SSSR count). The normalized spacial score (nSPS) is 17.1. The molecule has 6 aromatic rings. The van der Waals surface area contributed by atoms with Gasteiger partial charge in [-0.1, -0.05) is 124 Å². The molecule has 2 aliphatic carbocycles. The minimum absolute atomic E-state index is 0.0914. The van der Waals surface area contributed by atoms with E-state index in [0.29, 0.717) is 29.3 Å². The molecule has 0 atom stereocenters. The van der Waals surface area contributed by atoms with Gasteiger partial charge in [0.25, 0.3) is 0 Å². The number of aromatic nitrogens is 3. The van der Waals surface area contributed by atoms with Gasteiger partial charge in [-0.3, -0.25) is 0 Å². The molecule has 4 heteroatoms. The lowest BCUT2D eigenvalue weighted by molar-refractivity contribution is 0.632. The Morgan fingerprint density at radius 1 is 0.460 bits per heavy atom. The van der Waals surface area contributed by atoms with E-state index in [-0.39, 0.29) is 5.41 Å². The fourth-order valence-corrected chi connectivity index (χ4v) is 8.80. The first-order chi connectivity index (χ1) is 24.5. The van der Waals surface area contributed by atoms with Crippen molar-refractivity contribution in [1.29, 1.82) is 0 Å². The summed E-state index contributed by atoms with van der Waals surface area (Å²) in [6.07, 6.45) is 10.5. The van der Waals surface area contributed by atoms with E-state index in [0.717, 1.165) is 22.4 Å². The summed E-state index contributed by atoms with van der Waals surface area (Å²) in [5, 5.41) is 0. The van der Waals surface area contributed by atoms with Crippen LogP contribution in [0, 0.1) is 0 Å². The molecule has 0 bridgehead atoms. The fourth-order valence-electron chi connectivity index (χ4n) is 8.80. The van der Waals surface area contributed by atoms with Gasteiger partial charge < -0.3 is 4.90 Å². The number of para-hydroxylation sites is 2. The highest BCUT2D eigenvalue weighted by molar-refractivity contribution is 5.86. The Bertz CT molecular complexity index is 2010. The van der Waals surface area contributed by atoms with Crippen molar-refractivity contribution in [2.45, 2.75) is 82.5 Å². The number of hydrogen-bond donors (Lipinski definition) is 0. The van der Waals surface area contributed by atoms with Crippen molar-refractivity contribution in [2.24, 2.45) is 0 Å². The molecule has 5 aromatic carbocycles. The molecule has 2 saturated carbocycles. The second-order valence-corrected chi connectivity index (χ2v) is 15.1. The van der Waals surface area contributed by atoms with Crippen LogP contribution in [0.25, 0.3) is 34.2 Å².